The molecule has 0 heterocycles. The van der Waals surface area contributed by atoms with E-state index in [1.165, 1.54) is 57.3 Å². The summed E-state index contributed by atoms with van der Waals surface area (Å²) in [5.74, 6) is 2.31. The number of carbonyl (C=O) groups is 1. The van der Waals surface area contributed by atoms with Crippen molar-refractivity contribution < 1.29 is 13.9 Å². The van der Waals surface area contributed by atoms with Gasteiger partial charge in [0.25, 0.3) is 0 Å². The maximum absolute atomic E-state index is 14.6. The molecule has 0 radical (unpaired) electrons. The maximum atomic E-state index is 14.6. The van der Waals surface area contributed by atoms with Gasteiger partial charge in [0.2, 0.25) is 0 Å². The van der Waals surface area contributed by atoms with E-state index in [2.05, 4.69) is 13.0 Å². The van der Waals surface area contributed by atoms with Crippen LogP contribution in [0.2, 0.25) is 0 Å². The van der Waals surface area contributed by atoms with E-state index in [1.807, 2.05) is 12.1 Å². The SMILES string of the molecule is COC(=O)c1cc(F)c2cc(C3CC[C@H]4CC(C)CC[C@@H]4C3)ccc2c1. The highest BCUT2D eigenvalue weighted by Gasteiger charge is 2.34. The first-order valence-corrected chi connectivity index (χ1v) is 9.86. The van der Waals surface area contributed by atoms with Gasteiger partial charge in [0.15, 0.2) is 0 Å². The molecule has 0 spiro atoms. The van der Waals surface area contributed by atoms with Crippen molar-refractivity contribution in [2.45, 2.75) is 51.4 Å². The number of esters is 1. The number of ether oxygens (including phenoxy) is 1. The minimum atomic E-state index is -0.500. The molecule has 0 saturated heterocycles. The molecule has 0 bridgehead atoms. The van der Waals surface area contributed by atoms with Crippen LogP contribution in [0.25, 0.3) is 10.8 Å². The third kappa shape index (κ3) is 3.24. The van der Waals surface area contributed by atoms with Crippen molar-refractivity contribution in [3.63, 3.8) is 0 Å². The van der Waals surface area contributed by atoms with Gasteiger partial charge in [-0.3, -0.25) is 0 Å². The van der Waals surface area contributed by atoms with Crippen molar-refractivity contribution in [1.29, 1.82) is 0 Å². The summed E-state index contributed by atoms with van der Waals surface area (Å²) in [6, 6.07) is 9.08. The Hall–Kier alpha value is -1.90. The Morgan fingerprint density at radius 1 is 1.04 bits per heavy atom. The summed E-state index contributed by atoms with van der Waals surface area (Å²) in [5, 5.41) is 1.36. The predicted octanol–water partition coefficient (Wildman–Crippen LogP) is 6.09. The summed E-state index contributed by atoms with van der Waals surface area (Å²) in [4.78, 5) is 11.7. The topological polar surface area (TPSA) is 26.3 Å². The lowest BCUT2D eigenvalue weighted by atomic mass is 9.64. The summed E-state index contributed by atoms with van der Waals surface area (Å²) in [7, 11) is 1.32. The van der Waals surface area contributed by atoms with Crippen molar-refractivity contribution in [2.75, 3.05) is 7.11 Å². The molecule has 2 aromatic carbocycles. The van der Waals surface area contributed by atoms with Gasteiger partial charge in [-0.2, -0.15) is 0 Å². The smallest absolute Gasteiger partial charge is 0.337 e. The lowest BCUT2D eigenvalue weighted by Gasteiger charge is -2.41. The van der Waals surface area contributed by atoms with Gasteiger partial charge in [-0.15, -0.1) is 0 Å². The van der Waals surface area contributed by atoms with Crippen LogP contribution in [0.15, 0.2) is 30.3 Å². The zero-order valence-corrected chi connectivity index (χ0v) is 15.6. The molecule has 26 heavy (non-hydrogen) atoms. The third-order valence-electron chi connectivity index (χ3n) is 6.70. The average Bonchev–Trinajstić information content (AvgIpc) is 2.66. The Morgan fingerprint density at radius 3 is 2.62 bits per heavy atom. The lowest BCUT2D eigenvalue weighted by molar-refractivity contribution is 0.0600. The second kappa shape index (κ2) is 7.02. The molecular formula is C23H27FO2. The number of methoxy groups -OCH3 is 1. The number of hydrogen-bond donors (Lipinski definition) is 0. The van der Waals surface area contributed by atoms with Gasteiger partial charge in [-0.25, -0.2) is 9.18 Å². The van der Waals surface area contributed by atoms with Gasteiger partial charge in [0.05, 0.1) is 12.7 Å². The van der Waals surface area contributed by atoms with Gasteiger partial charge in [0.1, 0.15) is 5.82 Å². The van der Waals surface area contributed by atoms with E-state index in [1.54, 1.807) is 6.07 Å². The number of benzene rings is 2. The second-order valence-electron chi connectivity index (χ2n) is 8.38. The van der Waals surface area contributed by atoms with E-state index in [9.17, 15) is 9.18 Å². The minimum absolute atomic E-state index is 0.266. The standard InChI is InChI=1S/C23H27FO2/c1-14-3-4-16-10-17(6-5-15(16)9-14)18-7-8-19-11-20(23(25)26-2)13-22(24)21(19)12-18/h7-8,11-17H,3-6,9-10H2,1-2H3/t14?,15-,16+,17?/m0/s1. The Labute approximate surface area is 154 Å². The molecule has 4 rings (SSSR count). The minimum Gasteiger partial charge on any atom is -0.465 e. The second-order valence-corrected chi connectivity index (χ2v) is 8.38. The molecular weight excluding hydrogens is 327 g/mol. The lowest BCUT2D eigenvalue weighted by Crippen LogP contribution is -2.29. The predicted molar refractivity (Wildman–Crippen MR) is 102 cm³/mol. The first-order chi connectivity index (χ1) is 12.5. The fourth-order valence-corrected chi connectivity index (χ4v) is 5.25. The van der Waals surface area contributed by atoms with Crippen LogP contribution in [0.4, 0.5) is 4.39 Å². The van der Waals surface area contributed by atoms with Gasteiger partial charge < -0.3 is 4.74 Å². The number of fused-ring (bicyclic) bond motifs is 2. The van der Waals surface area contributed by atoms with Crippen molar-refractivity contribution in [1.82, 2.24) is 0 Å². The molecule has 2 aromatic rings. The zero-order chi connectivity index (χ0) is 18.3. The summed E-state index contributed by atoms with van der Waals surface area (Å²) in [6.45, 7) is 2.39. The van der Waals surface area contributed by atoms with Crippen LogP contribution in [0.5, 0.6) is 0 Å². The van der Waals surface area contributed by atoms with Gasteiger partial charge in [0, 0.05) is 5.39 Å². The highest BCUT2D eigenvalue weighted by molar-refractivity contribution is 5.95. The van der Waals surface area contributed by atoms with E-state index < -0.39 is 5.97 Å². The highest BCUT2D eigenvalue weighted by atomic mass is 19.1. The molecule has 2 aliphatic carbocycles. The number of hydrogen-bond acceptors (Lipinski definition) is 2. The van der Waals surface area contributed by atoms with Crippen LogP contribution in [-0.2, 0) is 4.74 Å². The van der Waals surface area contributed by atoms with Gasteiger partial charge in [-0.1, -0.05) is 25.5 Å². The molecule has 2 aliphatic rings. The molecule has 138 valence electrons. The molecule has 0 aromatic heterocycles. The molecule has 2 unspecified atom stereocenters. The number of halogens is 1. The van der Waals surface area contributed by atoms with Crippen LogP contribution < -0.4 is 0 Å². The average molecular weight is 354 g/mol. The van der Waals surface area contributed by atoms with E-state index in [0.717, 1.165) is 23.1 Å². The number of rotatable bonds is 2. The first kappa shape index (κ1) is 17.5. The van der Waals surface area contributed by atoms with Gasteiger partial charge in [-0.05, 0) is 84.9 Å². The molecule has 2 nitrogen and oxygen atoms in total. The third-order valence-corrected chi connectivity index (χ3v) is 6.70. The molecule has 0 N–H and O–H groups in total. The van der Waals surface area contributed by atoms with Crippen molar-refractivity contribution in [2.24, 2.45) is 17.8 Å². The van der Waals surface area contributed by atoms with E-state index in [-0.39, 0.29) is 11.4 Å². The zero-order valence-electron chi connectivity index (χ0n) is 15.6. The van der Waals surface area contributed by atoms with Crippen LogP contribution >= 0.6 is 0 Å². The fourth-order valence-electron chi connectivity index (χ4n) is 5.25. The van der Waals surface area contributed by atoms with Crippen LogP contribution in [0, 0.1) is 23.6 Å². The van der Waals surface area contributed by atoms with Crippen LogP contribution in [0.3, 0.4) is 0 Å². The molecule has 2 fully saturated rings. The number of carbonyl (C=O) groups excluding carboxylic acids is 1. The maximum Gasteiger partial charge on any atom is 0.337 e. The molecule has 4 atom stereocenters. The van der Waals surface area contributed by atoms with Crippen molar-refractivity contribution in [3.05, 3.63) is 47.3 Å². The first-order valence-electron chi connectivity index (χ1n) is 9.86. The Morgan fingerprint density at radius 2 is 1.81 bits per heavy atom. The largest absolute Gasteiger partial charge is 0.465 e. The molecule has 0 aliphatic heterocycles. The quantitative estimate of drug-likeness (QED) is 0.610. The monoisotopic (exact) mass is 354 g/mol. The summed E-state index contributed by atoms with van der Waals surface area (Å²) in [5.41, 5.74) is 1.52. The Balaban J connectivity index is 1.60. The van der Waals surface area contributed by atoms with E-state index in [4.69, 9.17) is 4.74 Å². The Kier molecular flexibility index (Phi) is 4.73. The van der Waals surface area contributed by atoms with E-state index in [0.29, 0.717) is 11.3 Å². The molecule has 3 heteroatoms. The molecule has 2 saturated carbocycles. The normalized spacial score (nSPS) is 28.6. The van der Waals surface area contributed by atoms with Crippen molar-refractivity contribution >= 4 is 16.7 Å². The summed E-state index contributed by atoms with van der Waals surface area (Å²) in [6.07, 6.45) is 7.86. The highest BCUT2D eigenvalue weighted by Crippen LogP contribution is 2.47. The van der Waals surface area contributed by atoms with Crippen molar-refractivity contribution in [3.8, 4) is 0 Å². The molecule has 0 amide bonds. The van der Waals surface area contributed by atoms with Crippen LogP contribution in [-0.4, -0.2) is 13.1 Å². The van der Waals surface area contributed by atoms with E-state index >= 15 is 0 Å². The summed E-state index contributed by atoms with van der Waals surface area (Å²) < 4.78 is 19.3. The van der Waals surface area contributed by atoms with Crippen LogP contribution in [0.1, 0.15) is 67.3 Å². The fraction of sp³-hybridized carbons (Fsp3) is 0.522. The summed E-state index contributed by atoms with van der Waals surface area (Å²) >= 11 is 0. The Bertz CT molecular complexity index is 828. The van der Waals surface area contributed by atoms with Gasteiger partial charge >= 0.3 is 5.97 Å².